The Bertz CT molecular complexity index is 845. The second-order valence-corrected chi connectivity index (χ2v) is 5.83. The molecule has 4 rings (SSSR count). The molecule has 1 saturated heterocycles. The molecule has 1 fully saturated rings. The van der Waals surface area contributed by atoms with Crippen LogP contribution >= 0.6 is 0 Å². The van der Waals surface area contributed by atoms with Gasteiger partial charge in [0.15, 0.2) is 5.82 Å². The molecule has 24 heavy (non-hydrogen) atoms. The number of morpholine rings is 1. The number of benzene rings is 2. The molecule has 122 valence electrons. The fourth-order valence-corrected chi connectivity index (χ4v) is 3.08. The molecule has 0 bridgehead atoms. The first-order chi connectivity index (χ1) is 11.8. The van der Waals surface area contributed by atoms with Crippen molar-refractivity contribution in [2.24, 2.45) is 0 Å². The van der Waals surface area contributed by atoms with Gasteiger partial charge < -0.3 is 20.7 Å². The van der Waals surface area contributed by atoms with Crippen molar-refractivity contribution in [2.75, 3.05) is 42.3 Å². The third-order valence-corrected chi connectivity index (χ3v) is 4.27. The molecular weight excluding hydrogens is 300 g/mol. The van der Waals surface area contributed by atoms with E-state index in [-0.39, 0.29) is 0 Å². The van der Waals surface area contributed by atoms with Gasteiger partial charge >= 0.3 is 0 Å². The maximum absolute atomic E-state index is 6.54. The third-order valence-electron chi connectivity index (χ3n) is 4.27. The van der Waals surface area contributed by atoms with E-state index in [4.69, 9.17) is 15.5 Å². The molecule has 0 saturated carbocycles. The summed E-state index contributed by atoms with van der Waals surface area (Å²) in [6, 6.07) is 18.0. The first-order valence-electron chi connectivity index (χ1n) is 8.16. The SMILES string of the molecule is Nc1c(N2CCOCC2)c(Nc2ccccc2)nc2ccccc12. The molecule has 5 heteroatoms. The second-order valence-electron chi connectivity index (χ2n) is 5.83. The summed E-state index contributed by atoms with van der Waals surface area (Å²) in [7, 11) is 0. The van der Waals surface area contributed by atoms with Gasteiger partial charge in [0, 0.05) is 24.2 Å². The van der Waals surface area contributed by atoms with Gasteiger partial charge in [-0.15, -0.1) is 0 Å². The number of nitrogens with zero attached hydrogens (tertiary/aromatic N) is 2. The number of fused-ring (bicyclic) bond motifs is 1. The minimum atomic E-state index is 0.705. The molecule has 0 atom stereocenters. The fraction of sp³-hybridized carbons (Fsp3) is 0.211. The van der Waals surface area contributed by atoms with Crippen molar-refractivity contribution in [2.45, 2.75) is 0 Å². The van der Waals surface area contributed by atoms with E-state index in [0.717, 1.165) is 46.9 Å². The molecule has 0 amide bonds. The highest BCUT2D eigenvalue weighted by molar-refractivity contribution is 6.01. The van der Waals surface area contributed by atoms with Crippen LogP contribution < -0.4 is 16.0 Å². The van der Waals surface area contributed by atoms with Crippen molar-refractivity contribution in [3.05, 3.63) is 54.6 Å². The van der Waals surface area contributed by atoms with Crippen LogP contribution in [0.15, 0.2) is 54.6 Å². The number of pyridine rings is 1. The summed E-state index contributed by atoms with van der Waals surface area (Å²) in [5.74, 6) is 0.791. The number of nitrogens with two attached hydrogens (primary N) is 1. The highest BCUT2D eigenvalue weighted by Gasteiger charge is 2.21. The van der Waals surface area contributed by atoms with Gasteiger partial charge in [-0.05, 0) is 18.2 Å². The van der Waals surface area contributed by atoms with Gasteiger partial charge in [0.2, 0.25) is 0 Å². The van der Waals surface area contributed by atoms with Crippen LogP contribution in [-0.4, -0.2) is 31.3 Å². The number of aromatic nitrogens is 1. The molecule has 0 aliphatic carbocycles. The molecule has 1 aliphatic rings. The van der Waals surface area contributed by atoms with Crippen molar-refractivity contribution >= 4 is 33.8 Å². The van der Waals surface area contributed by atoms with Crippen molar-refractivity contribution in [1.82, 2.24) is 4.98 Å². The van der Waals surface area contributed by atoms with Gasteiger partial charge in [-0.2, -0.15) is 0 Å². The molecule has 2 heterocycles. The van der Waals surface area contributed by atoms with E-state index in [0.29, 0.717) is 13.2 Å². The number of ether oxygens (including phenoxy) is 1. The van der Waals surface area contributed by atoms with Gasteiger partial charge in [0.1, 0.15) is 5.69 Å². The lowest BCUT2D eigenvalue weighted by atomic mass is 10.1. The van der Waals surface area contributed by atoms with E-state index in [1.165, 1.54) is 0 Å². The first kappa shape index (κ1) is 14.8. The molecule has 0 unspecified atom stereocenters. The maximum Gasteiger partial charge on any atom is 0.156 e. The van der Waals surface area contributed by atoms with E-state index in [9.17, 15) is 0 Å². The quantitative estimate of drug-likeness (QED) is 0.774. The van der Waals surface area contributed by atoms with Crippen LogP contribution in [-0.2, 0) is 4.74 Å². The van der Waals surface area contributed by atoms with Gasteiger partial charge in [-0.3, -0.25) is 0 Å². The number of nitrogens with one attached hydrogen (secondary N) is 1. The minimum Gasteiger partial charge on any atom is -0.396 e. The average molecular weight is 320 g/mol. The minimum absolute atomic E-state index is 0.705. The van der Waals surface area contributed by atoms with Crippen LogP contribution in [0, 0.1) is 0 Å². The van der Waals surface area contributed by atoms with E-state index in [2.05, 4.69) is 10.2 Å². The highest BCUT2D eigenvalue weighted by Crippen LogP contribution is 2.38. The summed E-state index contributed by atoms with van der Waals surface area (Å²) in [4.78, 5) is 7.09. The summed E-state index contributed by atoms with van der Waals surface area (Å²) in [6.07, 6.45) is 0. The predicted octanol–water partition coefficient (Wildman–Crippen LogP) is 3.40. The van der Waals surface area contributed by atoms with Crippen molar-refractivity contribution in [3.8, 4) is 0 Å². The number of para-hydroxylation sites is 2. The Morgan fingerprint density at radius 3 is 2.46 bits per heavy atom. The van der Waals surface area contributed by atoms with Crippen LogP contribution in [0.2, 0.25) is 0 Å². The molecule has 3 N–H and O–H groups in total. The van der Waals surface area contributed by atoms with Crippen molar-refractivity contribution in [3.63, 3.8) is 0 Å². The molecule has 1 aromatic heterocycles. The Hall–Kier alpha value is -2.79. The molecule has 0 spiro atoms. The average Bonchev–Trinajstić information content (AvgIpc) is 2.64. The summed E-state index contributed by atoms with van der Waals surface area (Å²) in [5.41, 5.74) is 10.2. The summed E-state index contributed by atoms with van der Waals surface area (Å²) < 4.78 is 5.48. The third kappa shape index (κ3) is 2.74. The molecular formula is C19H20N4O. The maximum atomic E-state index is 6.54. The number of hydrogen-bond donors (Lipinski definition) is 2. The lowest BCUT2D eigenvalue weighted by molar-refractivity contribution is 0.123. The lowest BCUT2D eigenvalue weighted by Crippen LogP contribution is -2.37. The van der Waals surface area contributed by atoms with E-state index >= 15 is 0 Å². The van der Waals surface area contributed by atoms with Crippen LogP contribution in [0.4, 0.5) is 22.9 Å². The molecule has 2 aromatic carbocycles. The fourth-order valence-electron chi connectivity index (χ4n) is 3.08. The Balaban J connectivity index is 1.85. The Labute approximate surface area is 141 Å². The smallest absolute Gasteiger partial charge is 0.156 e. The van der Waals surface area contributed by atoms with E-state index in [1.807, 2.05) is 54.6 Å². The number of anilines is 4. The topological polar surface area (TPSA) is 63.4 Å². The predicted molar refractivity (Wildman–Crippen MR) is 98.9 cm³/mol. The van der Waals surface area contributed by atoms with Crippen LogP contribution in [0.3, 0.4) is 0 Å². The highest BCUT2D eigenvalue weighted by atomic mass is 16.5. The standard InChI is InChI=1S/C19H20N4O/c20-17-15-8-4-5-9-16(15)22-19(21-14-6-2-1-3-7-14)18(17)23-10-12-24-13-11-23/h1-9H,10-13H2,(H3,20,21,22). The van der Waals surface area contributed by atoms with Crippen molar-refractivity contribution < 1.29 is 4.74 Å². The van der Waals surface area contributed by atoms with Gasteiger partial charge in [0.25, 0.3) is 0 Å². The zero-order valence-corrected chi connectivity index (χ0v) is 13.4. The zero-order valence-electron chi connectivity index (χ0n) is 13.4. The van der Waals surface area contributed by atoms with Gasteiger partial charge in [-0.1, -0.05) is 36.4 Å². The lowest BCUT2D eigenvalue weighted by Gasteiger charge is -2.31. The van der Waals surface area contributed by atoms with Crippen LogP contribution in [0.5, 0.6) is 0 Å². The van der Waals surface area contributed by atoms with Crippen LogP contribution in [0.25, 0.3) is 10.9 Å². The second kappa shape index (κ2) is 6.37. The summed E-state index contributed by atoms with van der Waals surface area (Å²) >= 11 is 0. The van der Waals surface area contributed by atoms with Gasteiger partial charge in [0.05, 0.1) is 24.4 Å². The monoisotopic (exact) mass is 320 g/mol. The number of rotatable bonds is 3. The van der Waals surface area contributed by atoms with Crippen LogP contribution in [0.1, 0.15) is 0 Å². The van der Waals surface area contributed by atoms with E-state index < -0.39 is 0 Å². The normalized spacial score (nSPS) is 14.8. The molecule has 5 nitrogen and oxygen atoms in total. The molecule has 1 aliphatic heterocycles. The Kier molecular flexibility index (Phi) is 3.92. The zero-order chi connectivity index (χ0) is 16.4. The largest absolute Gasteiger partial charge is 0.396 e. The Morgan fingerprint density at radius 1 is 0.958 bits per heavy atom. The van der Waals surface area contributed by atoms with Gasteiger partial charge in [-0.25, -0.2) is 4.98 Å². The number of nitrogen functional groups attached to an aromatic ring is 1. The summed E-state index contributed by atoms with van der Waals surface area (Å²) in [5, 5.41) is 4.41. The number of hydrogen-bond acceptors (Lipinski definition) is 5. The van der Waals surface area contributed by atoms with E-state index in [1.54, 1.807) is 0 Å². The summed E-state index contributed by atoms with van der Waals surface area (Å²) in [6.45, 7) is 3.04. The first-order valence-corrected chi connectivity index (χ1v) is 8.16. The molecule has 3 aromatic rings. The molecule has 0 radical (unpaired) electrons. The Morgan fingerprint density at radius 2 is 1.67 bits per heavy atom. The van der Waals surface area contributed by atoms with Crippen molar-refractivity contribution in [1.29, 1.82) is 0 Å².